The van der Waals surface area contributed by atoms with E-state index < -0.39 is 5.82 Å². The van der Waals surface area contributed by atoms with E-state index in [0.717, 1.165) is 31.2 Å². The second-order valence-electron chi connectivity index (χ2n) is 5.73. The molecule has 2 N–H and O–H groups in total. The third kappa shape index (κ3) is 3.10. The first-order valence-corrected chi connectivity index (χ1v) is 7.19. The molecular formula is C15H20FN3O. The fraction of sp³-hybridized carbons (Fsp3) is 0.533. The minimum atomic E-state index is -0.406. The topological polar surface area (TPSA) is 44.4 Å². The lowest BCUT2D eigenvalue weighted by atomic mass is 10.2. The Morgan fingerprint density at radius 3 is 2.85 bits per heavy atom. The van der Waals surface area contributed by atoms with Crippen LogP contribution in [0.5, 0.6) is 0 Å². The molecule has 0 spiro atoms. The van der Waals surface area contributed by atoms with Crippen LogP contribution in [0.15, 0.2) is 18.2 Å². The van der Waals surface area contributed by atoms with Crippen LogP contribution in [0.2, 0.25) is 0 Å². The van der Waals surface area contributed by atoms with Gasteiger partial charge in [-0.3, -0.25) is 9.69 Å². The van der Waals surface area contributed by atoms with E-state index in [1.54, 1.807) is 12.1 Å². The van der Waals surface area contributed by atoms with Crippen molar-refractivity contribution in [1.82, 2.24) is 4.90 Å². The van der Waals surface area contributed by atoms with Gasteiger partial charge in [-0.25, -0.2) is 4.39 Å². The van der Waals surface area contributed by atoms with E-state index in [1.165, 1.54) is 25.8 Å². The van der Waals surface area contributed by atoms with Gasteiger partial charge in [-0.05, 0) is 37.5 Å². The normalized spacial score (nSPS) is 22.8. The highest BCUT2D eigenvalue weighted by molar-refractivity contribution is 5.89. The zero-order valence-electron chi connectivity index (χ0n) is 11.7. The highest BCUT2D eigenvalue weighted by Gasteiger charge is 2.34. The minimum Gasteiger partial charge on any atom is -0.381 e. The Balaban J connectivity index is 1.63. The smallest absolute Gasteiger partial charge is 0.221 e. The van der Waals surface area contributed by atoms with Gasteiger partial charge in [-0.2, -0.15) is 0 Å². The Kier molecular flexibility index (Phi) is 3.61. The van der Waals surface area contributed by atoms with Crippen molar-refractivity contribution in [3.8, 4) is 0 Å². The maximum absolute atomic E-state index is 13.6. The summed E-state index contributed by atoms with van der Waals surface area (Å²) in [6.07, 6.45) is 3.77. The van der Waals surface area contributed by atoms with E-state index in [4.69, 9.17) is 0 Å². The Labute approximate surface area is 118 Å². The molecule has 20 heavy (non-hydrogen) atoms. The highest BCUT2D eigenvalue weighted by atomic mass is 19.1. The second-order valence-corrected chi connectivity index (χ2v) is 5.73. The van der Waals surface area contributed by atoms with E-state index in [1.807, 2.05) is 0 Å². The van der Waals surface area contributed by atoms with Crippen molar-refractivity contribution in [2.45, 2.75) is 38.3 Å². The number of nitrogens with one attached hydrogen (secondary N) is 2. The molecule has 1 amide bonds. The van der Waals surface area contributed by atoms with Crippen LogP contribution in [-0.2, 0) is 4.79 Å². The molecular weight excluding hydrogens is 257 g/mol. The quantitative estimate of drug-likeness (QED) is 0.888. The molecule has 0 bridgehead atoms. The lowest BCUT2D eigenvalue weighted by molar-refractivity contribution is -0.114. The SMILES string of the molecule is CC(=O)Nc1cc(NC2CCN(C3CC3)C2)ccc1F. The third-order valence-corrected chi connectivity index (χ3v) is 3.93. The van der Waals surface area contributed by atoms with Crippen LogP contribution in [-0.4, -0.2) is 36.0 Å². The van der Waals surface area contributed by atoms with Crippen LogP contribution in [0, 0.1) is 5.82 Å². The van der Waals surface area contributed by atoms with Crippen molar-refractivity contribution < 1.29 is 9.18 Å². The molecule has 1 aromatic rings. The van der Waals surface area contributed by atoms with Crippen molar-refractivity contribution in [1.29, 1.82) is 0 Å². The molecule has 4 nitrogen and oxygen atoms in total. The zero-order chi connectivity index (χ0) is 14.1. The van der Waals surface area contributed by atoms with Gasteiger partial charge in [0.1, 0.15) is 5.82 Å². The van der Waals surface area contributed by atoms with Crippen molar-refractivity contribution in [3.63, 3.8) is 0 Å². The van der Waals surface area contributed by atoms with Gasteiger partial charge in [-0.1, -0.05) is 0 Å². The van der Waals surface area contributed by atoms with E-state index in [9.17, 15) is 9.18 Å². The van der Waals surface area contributed by atoms with E-state index >= 15 is 0 Å². The maximum Gasteiger partial charge on any atom is 0.221 e. The number of rotatable bonds is 4. The van der Waals surface area contributed by atoms with Crippen molar-refractivity contribution >= 4 is 17.3 Å². The molecule has 1 unspecified atom stereocenters. The first-order valence-electron chi connectivity index (χ1n) is 7.19. The van der Waals surface area contributed by atoms with Gasteiger partial charge in [0.25, 0.3) is 0 Å². The first kappa shape index (κ1) is 13.4. The molecule has 1 aromatic carbocycles. The first-order chi connectivity index (χ1) is 9.61. The van der Waals surface area contributed by atoms with Gasteiger partial charge in [0.15, 0.2) is 0 Å². The molecule has 108 valence electrons. The van der Waals surface area contributed by atoms with Gasteiger partial charge >= 0.3 is 0 Å². The predicted octanol–water partition coefficient (Wildman–Crippen LogP) is 2.43. The summed E-state index contributed by atoms with van der Waals surface area (Å²) in [6.45, 7) is 3.57. The molecule has 1 aliphatic carbocycles. The van der Waals surface area contributed by atoms with Crippen molar-refractivity contribution in [3.05, 3.63) is 24.0 Å². The van der Waals surface area contributed by atoms with Gasteiger partial charge in [-0.15, -0.1) is 0 Å². The van der Waals surface area contributed by atoms with Crippen molar-refractivity contribution in [2.75, 3.05) is 23.7 Å². The predicted molar refractivity (Wildman–Crippen MR) is 77.3 cm³/mol. The summed E-state index contributed by atoms with van der Waals surface area (Å²) in [5.41, 5.74) is 1.09. The number of halogens is 1. The molecule has 3 rings (SSSR count). The number of amides is 1. The monoisotopic (exact) mass is 277 g/mol. The highest BCUT2D eigenvalue weighted by Crippen LogP contribution is 2.31. The second kappa shape index (κ2) is 5.40. The standard InChI is InChI=1S/C15H20FN3O/c1-10(20)17-15-8-11(2-5-14(15)16)18-12-6-7-19(9-12)13-3-4-13/h2,5,8,12-13,18H,3-4,6-7,9H2,1H3,(H,17,20). The van der Waals surface area contributed by atoms with Crippen LogP contribution >= 0.6 is 0 Å². The molecule has 0 aromatic heterocycles. The van der Waals surface area contributed by atoms with Gasteiger partial charge < -0.3 is 10.6 Å². The number of carbonyl (C=O) groups is 1. The fourth-order valence-corrected chi connectivity index (χ4v) is 2.81. The number of likely N-dealkylation sites (tertiary alicyclic amines) is 1. The van der Waals surface area contributed by atoms with Gasteiger partial charge in [0.2, 0.25) is 5.91 Å². The Hall–Kier alpha value is -1.62. The molecule has 0 radical (unpaired) electrons. The summed E-state index contributed by atoms with van der Waals surface area (Å²) in [5, 5.41) is 5.95. The Morgan fingerprint density at radius 2 is 2.15 bits per heavy atom. The number of benzene rings is 1. The zero-order valence-corrected chi connectivity index (χ0v) is 11.7. The summed E-state index contributed by atoms with van der Waals surface area (Å²) >= 11 is 0. The number of nitrogens with zero attached hydrogens (tertiary/aromatic N) is 1. The van der Waals surface area contributed by atoms with Crippen LogP contribution in [0.3, 0.4) is 0 Å². The summed E-state index contributed by atoms with van der Waals surface area (Å²) in [7, 11) is 0. The maximum atomic E-state index is 13.6. The van der Waals surface area contributed by atoms with Crippen LogP contribution in [0.1, 0.15) is 26.2 Å². The molecule has 2 aliphatic rings. The number of carbonyl (C=O) groups excluding carboxylic acids is 1. The van der Waals surface area contributed by atoms with E-state index in [-0.39, 0.29) is 11.6 Å². The van der Waals surface area contributed by atoms with E-state index in [0.29, 0.717) is 6.04 Å². The van der Waals surface area contributed by atoms with Gasteiger partial charge in [0.05, 0.1) is 5.69 Å². The summed E-state index contributed by atoms with van der Waals surface area (Å²) in [6, 6.07) is 5.98. The average molecular weight is 277 g/mol. The lowest BCUT2D eigenvalue weighted by Gasteiger charge is -2.17. The summed E-state index contributed by atoms with van der Waals surface area (Å²) in [4.78, 5) is 13.6. The molecule has 2 fully saturated rings. The van der Waals surface area contributed by atoms with Crippen LogP contribution < -0.4 is 10.6 Å². The molecule has 1 saturated heterocycles. The Bertz CT molecular complexity index is 516. The lowest BCUT2D eigenvalue weighted by Crippen LogP contribution is -2.27. The third-order valence-electron chi connectivity index (χ3n) is 3.93. The average Bonchev–Trinajstić information content (AvgIpc) is 3.14. The van der Waals surface area contributed by atoms with Crippen molar-refractivity contribution in [2.24, 2.45) is 0 Å². The largest absolute Gasteiger partial charge is 0.381 e. The van der Waals surface area contributed by atoms with Crippen LogP contribution in [0.4, 0.5) is 15.8 Å². The van der Waals surface area contributed by atoms with Crippen LogP contribution in [0.25, 0.3) is 0 Å². The van der Waals surface area contributed by atoms with E-state index in [2.05, 4.69) is 15.5 Å². The summed E-state index contributed by atoms with van der Waals surface area (Å²) in [5.74, 6) is -0.668. The minimum absolute atomic E-state index is 0.236. The molecule has 1 atom stereocenters. The molecule has 1 saturated carbocycles. The Morgan fingerprint density at radius 1 is 1.35 bits per heavy atom. The molecule has 1 heterocycles. The number of anilines is 2. The fourth-order valence-electron chi connectivity index (χ4n) is 2.81. The summed E-state index contributed by atoms with van der Waals surface area (Å²) < 4.78 is 13.6. The molecule has 1 aliphatic heterocycles. The number of hydrogen-bond acceptors (Lipinski definition) is 3. The van der Waals surface area contributed by atoms with Gasteiger partial charge in [0, 0.05) is 37.8 Å². The molecule has 5 heteroatoms. The number of hydrogen-bond donors (Lipinski definition) is 2.